The summed E-state index contributed by atoms with van der Waals surface area (Å²) < 4.78 is 0. The van der Waals surface area contributed by atoms with Gasteiger partial charge in [0.1, 0.15) is 5.69 Å². The lowest BCUT2D eigenvalue weighted by molar-refractivity contribution is 0.0822. The first-order valence-corrected chi connectivity index (χ1v) is 6.90. The van der Waals surface area contributed by atoms with Crippen molar-refractivity contribution in [2.45, 2.75) is 6.42 Å². The van der Waals surface area contributed by atoms with Gasteiger partial charge in [-0.05, 0) is 12.1 Å². The minimum Gasteiger partial charge on any atom is -0.385 e. The van der Waals surface area contributed by atoms with E-state index in [1.54, 1.807) is 37.7 Å². The monoisotopic (exact) mass is 276 g/mol. The van der Waals surface area contributed by atoms with Crippen LogP contribution < -0.4 is 5.32 Å². The zero-order chi connectivity index (χ0) is 13.7. The maximum absolute atomic E-state index is 11.8. The number of hydrogen-bond donors (Lipinski definition) is 1. The van der Waals surface area contributed by atoms with Gasteiger partial charge in [-0.3, -0.25) is 9.78 Å². The van der Waals surface area contributed by atoms with Gasteiger partial charge in [0.15, 0.2) is 0 Å². The number of rotatable bonds is 5. The van der Waals surface area contributed by atoms with Gasteiger partial charge in [-0.15, -0.1) is 11.3 Å². The van der Waals surface area contributed by atoms with Gasteiger partial charge in [0.25, 0.3) is 5.91 Å². The number of anilines is 1. The summed E-state index contributed by atoms with van der Waals surface area (Å²) >= 11 is 1.60. The fourth-order valence-electron chi connectivity index (χ4n) is 1.58. The molecule has 2 rings (SSSR count). The van der Waals surface area contributed by atoms with Crippen molar-refractivity contribution in [1.29, 1.82) is 0 Å². The van der Waals surface area contributed by atoms with Crippen LogP contribution >= 0.6 is 11.3 Å². The topological polar surface area (TPSA) is 58.1 Å². The number of amides is 1. The standard InChI is InChI=1S/C13H16N4OS/c1-17(2)13(18)12-7-10(3-6-15-12)14-5-4-11-8-19-9-16-11/h3,6-9H,4-5H2,1-2H3,(H,14,15). The third-order valence-corrected chi connectivity index (χ3v) is 3.21. The molecule has 0 radical (unpaired) electrons. The molecule has 0 aromatic carbocycles. The molecule has 0 aliphatic carbocycles. The Morgan fingerprint density at radius 2 is 2.26 bits per heavy atom. The first-order chi connectivity index (χ1) is 9.16. The Hall–Kier alpha value is -1.95. The molecule has 2 aromatic rings. The molecule has 19 heavy (non-hydrogen) atoms. The Labute approximate surface area is 116 Å². The van der Waals surface area contributed by atoms with Gasteiger partial charge >= 0.3 is 0 Å². The predicted molar refractivity (Wildman–Crippen MR) is 76.6 cm³/mol. The van der Waals surface area contributed by atoms with Crippen molar-refractivity contribution in [3.8, 4) is 0 Å². The number of thiazole rings is 1. The Balaban J connectivity index is 1.93. The quantitative estimate of drug-likeness (QED) is 0.906. The Kier molecular flexibility index (Phi) is 4.46. The predicted octanol–water partition coefficient (Wildman–Crippen LogP) is 1.89. The highest BCUT2D eigenvalue weighted by Gasteiger charge is 2.09. The summed E-state index contributed by atoms with van der Waals surface area (Å²) in [5.41, 5.74) is 4.26. The summed E-state index contributed by atoms with van der Waals surface area (Å²) in [7, 11) is 3.43. The van der Waals surface area contributed by atoms with Crippen LogP contribution in [0.25, 0.3) is 0 Å². The van der Waals surface area contributed by atoms with E-state index in [1.807, 2.05) is 17.0 Å². The first kappa shape index (κ1) is 13.5. The Morgan fingerprint density at radius 3 is 2.95 bits per heavy atom. The molecule has 0 saturated carbocycles. The normalized spacial score (nSPS) is 10.2. The van der Waals surface area contributed by atoms with Crippen LogP contribution in [0.15, 0.2) is 29.2 Å². The van der Waals surface area contributed by atoms with Gasteiger partial charge in [-0.25, -0.2) is 4.98 Å². The first-order valence-electron chi connectivity index (χ1n) is 5.95. The van der Waals surface area contributed by atoms with E-state index in [9.17, 15) is 4.79 Å². The van der Waals surface area contributed by atoms with E-state index in [1.165, 1.54) is 4.90 Å². The molecule has 100 valence electrons. The summed E-state index contributed by atoms with van der Waals surface area (Å²) in [5, 5.41) is 5.31. The van der Waals surface area contributed by atoms with E-state index in [0.29, 0.717) is 5.69 Å². The van der Waals surface area contributed by atoms with E-state index in [4.69, 9.17) is 0 Å². The van der Waals surface area contributed by atoms with Gasteiger partial charge < -0.3 is 10.2 Å². The smallest absolute Gasteiger partial charge is 0.272 e. The lowest BCUT2D eigenvalue weighted by Crippen LogP contribution is -2.22. The van der Waals surface area contributed by atoms with Crippen molar-refractivity contribution in [1.82, 2.24) is 14.9 Å². The molecule has 0 unspecified atom stereocenters. The van der Waals surface area contributed by atoms with E-state index in [0.717, 1.165) is 24.3 Å². The molecule has 0 saturated heterocycles. The minimum atomic E-state index is -0.0943. The molecule has 0 spiro atoms. The number of nitrogens with zero attached hydrogens (tertiary/aromatic N) is 3. The van der Waals surface area contributed by atoms with Crippen molar-refractivity contribution in [2.75, 3.05) is 26.0 Å². The molecular weight excluding hydrogens is 260 g/mol. The Morgan fingerprint density at radius 1 is 1.42 bits per heavy atom. The molecule has 5 nitrogen and oxygen atoms in total. The van der Waals surface area contributed by atoms with Crippen LogP contribution in [0, 0.1) is 0 Å². The van der Waals surface area contributed by atoms with Crippen LogP contribution in [0.2, 0.25) is 0 Å². The zero-order valence-corrected chi connectivity index (χ0v) is 11.8. The molecule has 0 aliphatic heterocycles. The minimum absolute atomic E-state index is 0.0943. The van der Waals surface area contributed by atoms with Crippen LogP contribution in [-0.2, 0) is 6.42 Å². The van der Waals surface area contributed by atoms with Gasteiger partial charge in [0, 0.05) is 44.3 Å². The van der Waals surface area contributed by atoms with E-state index in [-0.39, 0.29) is 5.91 Å². The average molecular weight is 276 g/mol. The fourth-order valence-corrected chi connectivity index (χ4v) is 2.18. The molecule has 0 aliphatic rings. The van der Waals surface area contributed by atoms with Crippen molar-refractivity contribution in [2.24, 2.45) is 0 Å². The zero-order valence-electron chi connectivity index (χ0n) is 11.0. The van der Waals surface area contributed by atoms with Gasteiger partial charge in [-0.2, -0.15) is 0 Å². The van der Waals surface area contributed by atoms with Gasteiger partial charge in [0.2, 0.25) is 0 Å². The van der Waals surface area contributed by atoms with Gasteiger partial charge in [-0.1, -0.05) is 0 Å². The van der Waals surface area contributed by atoms with Crippen LogP contribution in [0.4, 0.5) is 5.69 Å². The molecule has 0 fully saturated rings. The number of nitrogens with one attached hydrogen (secondary N) is 1. The third-order valence-electron chi connectivity index (χ3n) is 2.58. The lowest BCUT2D eigenvalue weighted by atomic mass is 10.2. The van der Waals surface area contributed by atoms with Crippen molar-refractivity contribution >= 4 is 22.9 Å². The van der Waals surface area contributed by atoms with E-state index >= 15 is 0 Å². The second-order valence-electron chi connectivity index (χ2n) is 4.29. The molecule has 2 heterocycles. The van der Waals surface area contributed by atoms with Crippen LogP contribution in [0.3, 0.4) is 0 Å². The number of hydrogen-bond acceptors (Lipinski definition) is 5. The number of aromatic nitrogens is 2. The molecule has 2 aromatic heterocycles. The van der Waals surface area contributed by atoms with E-state index in [2.05, 4.69) is 15.3 Å². The van der Waals surface area contributed by atoms with Crippen molar-refractivity contribution in [3.05, 3.63) is 40.6 Å². The largest absolute Gasteiger partial charge is 0.385 e. The number of carbonyl (C=O) groups is 1. The molecular formula is C13H16N4OS. The second-order valence-corrected chi connectivity index (χ2v) is 5.00. The molecule has 6 heteroatoms. The maximum Gasteiger partial charge on any atom is 0.272 e. The summed E-state index contributed by atoms with van der Waals surface area (Å²) in [4.78, 5) is 21.6. The maximum atomic E-state index is 11.8. The molecule has 0 atom stereocenters. The summed E-state index contributed by atoms with van der Waals surface area (Å²) in [6.07, 6.45) is 2.50. The number of pyridine rings is 1. The summed E-state index contributed by atoms with van der Waals surface area (Å²) in [6, 6.07) is 3.62. The average Bonchev–Trinajstić information content (AvgIpc) is 2.91. The molecule has 1 amide bonds. The molecule has 0 bridgehead atoms. The van der Waals surface area contributed by atoms with Crippen LogP contribution in [-0.4, -0.2) is 41.4 Å². The highest BCUT2D eigenvalue weighted by atomic mass is 32.1. The fraction of sp³-hybridized carbons (Fsp3) is 0.308. The van der Waals surface area contributed by atoms with Crippen LogP contribution in [0.5, 0.6) is 0 Å². The number of carbonyl (C=O) groups excluding carboxylic acids is 1. The van der Waals surface area contributed by atoms with E-state index < -0.39 is 0 Å². The second kappa shape index (κ2) is 6.29. The highest BCUT2D eigenvalue weighted by Crippen LogP contribution is 2.10. The SMILES string of the molecule is CN(C)C(=O)c1cc(NCCc2cscn2)ccn1. The van der Waals surface area contributed by atoms with Crippen molar-refractivity contribution < 1.29 is 4.79 Å². The Bertz CT molecular complexity index is 539. The third kappa shape index (κ3) is 3.75. The molecule has 1 N–H and O–H groups in total. The lowest BCUT2D eigenvalue weighted by Gasteiger charge is -2.11. The summed E-state index contributed by atoms with van der Waals surface area (Å²) in [5.74, 6) is -0.0943. The van der Waals surface area contributed by atoms with Gasteiger partial charge in [0.05, 0.1) is 11.2 Å². The van der Waals surface area contributed by atoms with Crippen molar-refractivity contribution in [3.63, 3.8) is 0 Å². The summed E-state index contributed by atoms with van der Waals surface area (Å²) in [6.45, 7) is 0.781. The van der Waals surface area contributed by atoms with Crippen LogP contribution in [0.1, 0.15) is 16.2 Å². The highest BCUT2D eigenvalue weighted by molar-refractivity contribution is 7.07.